The van der Waals surface area contributed by atoms with Gasteiger partial charge in [0, 0.05) is 38.3 Å². The standard InChI is InChI=1S/C25H29N3O6S/c1-17(2)28-21-9-8-20(16-22(21)34-24(28)30)35(31,32)27-14-12-26(13-15-27)23(29)25(10-11-25)18-4-6-19(33-3)7-5-18/h4-9,16-17H,10-15H2,1-3H3. The molecule has 2 aromatic carbocycles. The van der Waals surface area contributed by atoms with Crippen LogP contribution in [0.25, 0.3) is 11.1 Å². The summed E-state index contributed by atoms with van der Waals surface area (Å²) in [5.41, 5.74) is 1.27. The van der Waals surface area contributed by atoms with Gasteiger partial charge >= 0.3 is 5.76 Å². The fraction of sp³-hybridized carbons (Fsp3) is 0.440. The molecule has 1 aromatic heterocycles. The van der Waals surface area contributed by atoms with Crippen molar-refractivity contribution in [2.75, 3.05) is 33.3 Å². The molecule has 1 aliphatic heterocycles. The molecular weight excluding hydrogens is 470 g/mol. The van der Waals surface area contributed by atoms with Gasteiger partial charge in [-0.25, -0.2) is 13.2 Å². The number of sulfonamides is 1. The van der Waals surface area contributed by atoms with Gasteiger partial charge in [-0.05, 0) is 56.5 Å². The molecule has 1 saturated carbocycles. The Kier molecular flexibility index (Phi) is 5.76. The van der Waals surface area contributed by atoms with Crippen LogP contribution in [0.2, 0.25) is 0 Å². The largest absolute Gasteiger partial charge is 0.497 e. The lowest BCUT2D eigenvalue weighted by atomic mass is 9.94. The van der Waals surface area contributed by atoms with Crippen LogP contribution < -0.4 is 10.5 Å². The highest BCUT2D eigenvalue weighted by molar-refractivity contribution is 7.89. The smallest absolute Gasteiger partial charge is 0.420 e. The third kappa shape index (κ3) is 3.94. The summed E-state index contributed by atoms with van der Waals surface area (Å²) in [6.07, 6.45) is 1.58. The molecule has 35 heavy (non-hydrogen) atoms. The SMILES string of the molecule is COc1ccc(C2(C(=O)N3CCN(S(=O)(=O)c4ccc5c(c4)oc(=O)n5C(C)C)CC3)CC2)cc1. The van der Waals surface area contributed by atoms with E-state index in [1.165, 1.54) is 21.0 Å². The first-order valence-corrected chi connectivity index (χ1v) is 13.2. The molecule has 0 unspecified atom stereocenters. The number of carbonyl (C=O) groups is 1. The van der Waals surface area contributed by atoms with Gasteiger partial charge < -0.3 is 14.1 Å². The predicted octanol–water partition coefficient (Wildman–Crippen LogP) is 2.75. The molecule has 0 spiro atoms. The first kappa shape index (κ1) is 23.6. The number of ether oxygens (including phenoxy) is 1. The minimum atomic E-state index is -3.80. The summed E-state index contributed by atoms with van der Waals surface area (Å²) in [6, 6.07) is 12.0. The van der Waals surface area contributed by atoms with E-state index in [1.54, 1.807) is 18.1 Å². The van der Waals surface area contributed by atoms with Crippen LogP contribution in [0.5, 0.6) is 5.75 Å². The average Bonchev–Trinajstić information content (AvgIpc) is 3.59. The van der Waals surface area contributed by atoms with E-state index in [4.69, 9.17) is 9.15 Å². The Hall–Kier alpha value is -3.11. The lowest BCUT2D eigenvalue weighted by Crippen LogP contribution is -2.52. The first-order chi connectivity index (χ1) is 16.7. The van der Waals surface area contributed by atoms with Crippen LogP contribution in [-0.4, -0.2) is 61.4 Å². The molecule has 9 nitrogen and oxygen atoms in total. The summed E-state index contributed by atoms with van der Waals surface area (Å²) in [7, 11) is -2.19. The molecule has 2 fully saturated rings. The zero-order valence-corrected chi connectivity index (χ0v) is 20.9. The molecule has 2 aliphatic rings. The van der Waals surface area contributed by atoms with Gasteiger partial charge in [0.25, 0.3) is 0 Å². The minimum absolute atomic E-state index is 0.0536. The Morgan fingerprint density at radius 1 is 1.03 bits per heavy atom. The molecule has 5 rings (SSSR count). The van der Waals surface area contributed by atoms with Crippen molar-refractivity contribution in [1.82, 2.24) is 13.8 Å². The third-order valence-corrected chi connectivity index (χ3v) is 8.96. The quantitative estimate of drug-likeness (QED) is 0.517. The third-order valence-electron chi connectivity index (χ3n) is 7.07. The monoisotopic (exact) mass is 499 g/mol. The lowest BCUT2D eigenvalue weighted by molar-refractivity contribution is -0.135. The second-order valence-electron chi connectivity index (χ2n) is 9.47. The van der Waals surface area contributed by atoms with Crippen LogP contribution in [0, 0.1) is 0 Å². The maximum absolute atomic E-state index is 13.4. The van der Waals surface area contributed by atoms with Gasteiger partial charge in [-0.1, -0.05) is 12.1 Å². The maximum Gasteiger partial charge on any atom is 0.420 e. The number of fused-ring (bicyclic) bond motifs is 1. The molecule has 10 heteroatoms. The van der Waals surface area contributed by atoms with Crippen molar-refractivity contribution in [3.8, 4) is 5.75 Å². The van der Waals surface area contributed by atoms with Gasteiger partial charge in [-0.2, -0.15) is 4.31 Å². The molecule has 0 radical (unpaired) electrons. The normalized spacial score (nSPS) is 18.2. The van der Waals surface area contributed by atoms with Gasteiger partial charge in [0.15, 0.2) is 5.58 Å². The number of oxazole rings is 1. The molecule has 2 heterocycles. The number of benzene rings is 2. The van der Waals surface area contributed by atoms with E-state index in [9.17, 15) is 18.0 Å². The van der Waals surface area contributed by atoms with Gasteiger partial charge in [-0.15, -0.1) is 0 Å². The summed E-state index contributed by atoms with van der Waals surface area (Å²) in [5, 5.41) is 0. The molecule has 0 atom stereocenters. The van der Waals surface area contributed by atoms with Crippen LogP contribution in [0.3, 0.4) is 0 Å². The predicted molar refractivity (Wildman–Crippen MR) is 130 cm³/mol. The van der Waals surface area contributed by atoms with Crippen molar-refractivity contribution in [1.29, 1.82) is 0 Å². The summed E-state index contributed by atoms with van der Waals surface area (Å²) >= 11 is 0. The fourth-order valence-electron chi connectivity index (χ4n) is 4.91. The number of hydrogen-bond donors (Lipinski definition) is 0. The van der Waals surface area contributed by atoms with E-state index in [2.05, 4.69) is 0 Å². The van der Waals surface area contributed by atoms with E-state index in [1.807, 2.05) is 38.1 Å². The van der Waals surface area contributed by atoms with Gasteiger partial charge in [0.05, 0.1) is 22.9 Å². The number of nitrogens with zero attached hydrogens (tertiary/aromatic N) is 3. The highest BCUT2D eigenvalue weighted by atomic mass is 32.2. The van der Waals surface area contributed by atoms with Crippen LogP contribution in [0.1, 0.15) is 38.3 Å². The second-order valence-corrected chi connectivity index (χ2v) is 11.4. The van der Waals surface area contributed by atoms with Crippen molar-refractivity contribution >= 4 is 27.0 Å². The van der Waals surface area contributed by atoms with Crippen molar-refractivity contribution in [2.24, 2.45) is 0 Å². The number of amides is 1. The maximum atomic E-state index is 13.4. The summed E-state index contributed by atoms with van der Waals surface area (Å²) in [5.74, 6) is 0.287. The fourth-order valence-corrected chi connectivity index (χ4v) is 6.35. The number of hydrogen-bond acceptors (Lipinski definition) is 6. The molecule has 0 N–H and O–H groups in total. The van der Waals surface area contributed by atoms with Crippen molar-refractivity contribution in [3.63, 3.8) is 0 Å². The van der Waals surface area contributed by atoms with Crippen LogP contribution in [0.15, 0.2) is 56.6 Å². The molecule has 1 saturated heterocycles. The van der Waals surface area contributed by atoms with E-state index in [0.29, 0.717) is 18.6 Å². The highest BCUT2D eigenvalue weighted by Crippen LogP contribution is 2.50. The molecule has 1 amide bonds. The Labute approximate surface area is 203 Å². The molecule has 186 valence electrons. The second kappa shape index (κ2) is 8.53. The summed E-state index contributed by atoms with van der Waals surface area (Å²) in [6.45, 7) is 4.81. The van der Waals surface area contributed by atoms with Gasteiger partial charge in [0.1, 0.15) is 5.75 Å². The van der Waals surface area contributed by atoms with Crippen LogP contribution in [-0.2, 0) is 20.2 Å². The van der Waals surface area contributed by atoms with Crippen molar-refractivity contribution in [3.05, 3.63) is 58.6 Å². The molecule has 1 aliphatic carbocycles. The van der Waals surface area contributed by atoms with E-state index < -0.39 is 21.2 Å². The van der Waals surface area contributed by atoms with Gasteiger partial charge in [0.2, 0.25) is 15.9 Å². The zero-order chi connectivity index (χ0) is 25.0. The number of piperazine rings is 1. The topological polar surface area (TPSA) is 102 Å². The lowest BCUT2D eigenvalue weighted by Gasteiger charge is -2.36. The number of carbonyl (C=O) groups excluding carboxylic acids is 1. The molecule has 0 bridgehead atoms. The van der Waals surface area contributed by atoms with Crippen molar-refractivity contribution in [2.45, 2.75) is 43.0 Å². The minimum Gasteiger partial charge on any atom is -0.497 e. The van der Waals surface area contributed by atoms with Gasteiger partial charge in [-0.3, -0.25) is 9.36 Å². The Morgan fingerprint density at radius 3 is 2.26 bits per heavy atom. The average molecular weight is 500 g/mol. The Morgan fingerprint density at radius 2 is 1.69 bits per heavy atom. The van der Waals surface area contributed by atoms with E-state index >= 15 is 0 Å². The van der Waals surface area contributed by atoms with Crippen LogP contribution >= 0.6 is 0 Å². The Balaban J connectivity index is 1.31. The zero-order valence-electron chi connectivity index (χ0n) is 20.1. The van der Waals surface area contributed by atoms with Crippen LogP contribution in [0.4, 0.5) is 0 Å². The number of methoxy groups -OCH3 is 1. The summed E-state index contributed by atoms with van der Waals surface area (Å²) < 4.78 is 40.0. The highest BCUT2D eigenvalue weighted by Gasteiger charge is 2.53. The molecule has 3 aromatic rings. The molecular formula is C25H29N3O6S. The van der Waals surface area contributed by atoms with Crippen molar-refractivity contribution < 1.29 is 22.4 Å². The number of rotatable bonds is 6. The number of aromatic nitrogens is 1. The summed E-state index contributed by atoms with van der Waals surface area (Å²) in [4.78, 5) is 27.4. The van der Waals surface area contributed by atoms with E-state index in [0.717, 1.165) is 24.2 Å². The Bertz CT molecular complexity index is 1430. The van der Waals surface area contributed by atoms with E-state index in [-0.39, 0.29) is 35.5 Å². The first-order valence-electron chi connectivity index (χ1n) is 11.8.